The first-order valence-corrected chi connectivity index (χ1v) is 9.15. The molecule has 140 valence electrons. The van der Waals surface area contributed by atoms with Crippen molar-refractivity contribution in [2.75, 3.05) is 25.5 Å². The van der Waals surface area contributed by atoms with Gasteiger partial charge in [0.25, 0.3) is 0 Å². The Bertz CT molecular complexity index is 657. The van der Waals surface area contributed by atoms with Crippen LogP contribution in [0.15, 0.2) is 17.3 Å². The molecule has 0 atom stereocenters. The van der Waals surface area contributed by atoms with Gasteiger partial charge in [-0.05, 0) is 42.0 Å². The minimum atomic E-state index is 0. The van der Waals surface area contributed by atoms with E-state index in [2.05, 4.69) is 20.8 Å². The molecule has 0 fully saturated rings. The summed E-state index contributed by atoms with van der Waals surface area (Å²) >= 11 is 7.92. The fourth-order valence-electron chi connectivity index (χ4n) is 2.06. The first kappa shape index (κ1) is 21.8. The molecule has 7 nitrogen and oxygen atoms in total. The Balaban J connectivity index is 0.00000312. The lowest BCUT2D eigenvalue weighted by molar-refractivity contribution is -0.00000606. The summed E-state index contributed by atoms with van der Waals surface area (Å²) in [5.74, 6) is 2.16. The van der Waals surface area contributed by atoms with Gasteiger partial charge in [0, 0.05) is 25.9 Å². The number of benzene rings is 1. The molecule has 0 aliphatic carbocycles. The van der Waals surface area contributed by atoms with Gasteiger partial charge in [0.05, 0.1) is 18.2 Å². The van der Waals surface area contributed by atoms with Crippen LogP contribution in [0.2, 0.25) is 5.02 Å². The molecule has 0 aliphatic rings. The molecule has 1 aromatic carbocycles. The van der Waals surface area contributed by atoms with E-state index in [1.165, 1.54) is 0 Å². The van der Waals surface area contributed by atoms with E-state index in [0.717, 1.165) is 23.0 Å². The molecule has 0 spiro atoms. The van der Waals surface area contributed by atoms with Crippen LogP contribution >= 0.6 is 23.4 Å². The van der Waals surface area contributed by atoms with Crippen molar-refractivity contribution >= 4 is 23.4 Å². The second kappa shape index (κ2) is 11.4. The fraction of sp³-hybridized carbons (Fsp3) is 0.533. The highest BCUT2D eigenvalue weighted by molar-refractivity contribution is 7.99. The number of nitrogens with one attached hydrogen (secondary N) is 1. The Kier molecular flexibility index (Phi) is 9.96. The summed E-state index contributed by atoms with van der Waals surface area (Å²) in [4.78, 5) is 0. The van der Waals surface area contributed by atoms with Crippen molar-refractivity contribution in [2.24, 2.45) is 7.05 Å². The maximum absolute atomic E-state index is 6.31. The zero-order valence-corrected chi connectivity index (χ0v) is 16.8. The summed E-state index contributed by atoms with van der Waals surface area (Å²) in [5, 5.41) is 16.1. The number of hydrogen-bond donors (Lipinski definition) is 1. The third-order valence-electron chi connectivity index (χ3n) is 3.08. The molecule has 0 radical (unpaired) electrons. The van der Waals surface area contributed by atoms with Crippen molar-refractivity contribution < 1.29 is 21.9 Å². The van der Waals surface area contributed by atoms with Gasteiger partial charge in [0.15, 0.2) is 11.5 Å². The largest absolute Gasteiger partial charge is 1.00 e. The van der Waals surface area contributed by atoms with Gasteiger partial charge in [0.1, 0.15) is 0 Å². The number of ether oxygens (including phenoxy) is 2. The number of thioether (sulfide) groups is 1. The summed E-state index contributed by atoms with van der Waals surface area (Å²) in [7, 11) is 1.83. The predicted molar refractivity (Wildman–Crippen MR) is 95.0 cm³/mol. The molecule has 0 saturated carbocycles. The maximum Gasteiger partial charge on any atom is 0.209 e. The Morgan fingerprint density at radius 3 is 2.64 bits per heavy atom. The number of halogens is 2. The highest BCUT2D eigenvalue weighted by atomic mass is 35.5. The van der Waals surface area contributed by atoms with E-state index < -0.39 is 0 Å². The van der Waals surface area contributed by atoms with Gasteiger partial charge in [-0.25, -0.2) is 4.68 Å². The summed E-state index contributed by atoms with van der Waals surface area (Å²) in [6.07, 6.45) is 0. The van der Waals surface area contributed by atoms with E-state index in [-0.39, 0.29) is 12.4 Å². The van der Waals surface area contributed by atoms with Crippen LogP contribution in [0.25, 0.3) is 0 Å². The van der Waals surface area contributed by atoms with E-state index in [4.69, 9.17) is 21.1 Å². The van der Waals surface area contributed by atoms with Crippen molar-refractivity contribution in [2.45, 2.75) is 25.5 Å². The molecule has 0 amide bonds. The predicted octanol–water partition coefficient (Wildman–Crippen LogP) is -0.453. The van der Waals surface area contributed by atoms with Gasteiger partial charge in [-0.15, -0.1) is 5.10 Å². The van der Waals surface area contributed by atoms with Crippen molar-refractivity contribution in [3.05, 3.63) is 22.7 Å². The van der Waals surface area contributed by atoms with Gasteiger partial charge < -0.3 is 27.2 Å². The molecule has 0 aliphatic heterocycles. The minimum Gasteiger partial charge on any atom is -1.00 e. The van der Waals surface area contributed by atoms with Gasteiger partial charge in [-0.3, -0.25) is 0 Å². The quantitative estimate of drug-likeness (QED) is 0.422. The van der Waals surface area contributed by atoms with Gasteiger partial charge in [-0.2, -0.15) is 0 Å². The monoisotopic (exact) mass is 406 g/mol. The van der Waals surface area contributed by atoms with Gasteiger partial charge >= 0.3 is 0 Å². The van der Waals surface area contributed by atoms with Crippen LogP contribution in [0, 0.1) is 0 Å². The first-order chi connectivity index (χ1) is 11.7. The van der Waals surface area contributed by atoms with E-state index in [0.29, 0.717) is 36.3 Å². The SMILES string of the molecule is CCOc1cc(CNCCSc2nnnn2C)cc(Cl)c1OCC.[Cl-]. The Labute approximate surface area is 163 Å². The lowest BCUT2D eigenvalue weighted by Crippen LogP contribution is -3.00. The third-order valence-corrected chi connectivity index (χ3v) is 4.37. The van der Waals surface area contributed by atoms with Crippen LogP contribution in [0.1, 0.15) is 19.4 Å². The Morgan fingerprint density at radius 2 is 2.00 bits per heavy atom. The molecule has 1 aromatic heterocycles. The average molecular weight is 407 g/mol. The lowest BCUT2D eigenvalue weighted by atomic mass is 10.2. The lowest BCUT2D eigenvalue weighted by Gasteiger charge is -2.14. The second-order valence-corrected chi connectivity index (χ2v) is 6.35. The first-order valence-electron chi connectivity index (χ1n) is 7.79. The van der Waals surface area contributed by atoms with Crippen molar-refractivity contribution in [1.29, 1.82) is 0 Å². The topological polar surface area (TPSA) is 74.1 Å². The van der Waals surface area contributed by atoms with Crippen LogP contribution in [0.3, 0.4) is 0 Å². The molecular formula is C15H22Cl2N5O2S-. The zero-order chi connectivity index (χ0) is 17.4. The number of tetrazole rings is 1. The maximum atomic E-state index is 6.31. The smallest absolute Gasteiger partial charge is 0.209 e. The van der Waals surface area contributed by atoms with E-state index in [9.17, 15) is 0 Å². The highest BCUT2D eigenvalue weighted by Gasteiger charge is 2.12. The number of aromatic nitrogens is 4. The summed E-state index contributed by atoms with van der Waals surface area (Å²) < 4.78 is 12.9. The molecule has 25 heavy (non-hydrogen) atoms. The van der Waals surface area contributed by atoms with Crippen molar-refractivity contribution in [1.82, 2.24) is 25.5 Å². The molecular weight excluding hydrogens is 385 g/mol. The summed E-state index contributed by atoms with van der Waals surface area (Å²) in [6, 6.07) is 3.87. The minimum absolute atomic E-state index is 0. The normalized spacial score (nSPS) is 10.4. The van der Waals surface area contributed by atoms with Crippen LogP contribution in [0.5, 0.6) is 11.5 Å². The fourth-order valence-corrected chi connectivity index (χ4v) is 3.10. The third kappa shape index (κ3) is 6.54. The van der Waals surface area contributed by atoms with E-state index >= 15 is 0 Å². The zero-order valence-electron chi connectivity index (χ0n) is 14.5. The van der Waals surface area contributed by atoms with E-state index in [1.807, 2.05) is 33.0 Å². The van der Waals surface area contributed by atoms with Gasteiger partial charge in [0.2, 0.25) is 5.16 Å². The molecule has 2 rings (SSSR count). The molecule has 1 heterocycles. The summed E-state index contributed by atoms with van der Waals surface area (Å²) in [6.45, 7) is 6.50. The van der Waals surface area contributed by atoms with Crippen molar-refractivity contribution in [3.8, 4) is 11.5 Å². The highest BCUT2D eigenvalue weighted by Crippen LogP contribution is 2.36. The van der Waals surface area contributed by atoms with Crippen LogP contribution in [-0.4, -0.2) is 45.7 Å². The van der Waals surface area contributed by atoms with Crippen LogP contribution in [-0.2, 0) is 13.6 Å². The molecule has 0 saturated heterocycles. The Morgan fingerprint density at radius 1 is 1.24 bits per heavy atom. The summed E-state index contributed by atoms with van der Waals surface area (Å²) in [5.41, 5.74) is 1.05. The van der Waals surface area contributed by atoms with Crippen molar-refractivity contribution in [3.63, 3.8) is 0 Å². The number of aryl methyl sites for hydroxylation is 1. The van der Waals surface area contributed by atoms with E-state index in [1.54, 1.807) is 16.4 Å². The molecule has 2 aromatic rings. The molecule has 0 bridgehead atoms. The number of rotatable bonds is 10. The molecule has 0 unspecified atom stereocenters. The molecule has 1 N–H and O–H groups in total. The standard InChI is InChI=1S/C15H22ClN5O2S.ClH/c1-4-22-13-9-11(8-12(16)14(13)23-5-2)10-17-6-7-24-15-18-19-20-21(15)3;/h8-9,17H,4-7,10H2,1-3H3;1H/p-1. The van der Waals surface area contributed by atoms with Gasteiger partial charge in [-0.1, -0.05) is 23.4 Å². The number of hydrogen-bond acceptors (Lipinski definition) is 7. The number of nitrogens with zero attached hydrogens (tertiary/aromatic N) is 4. The average Bonchev–Trinajstić information content (AvgIpc) is 2.96. The Hall–Kier alpha value is -1.22. The van der Waals surface area contributed by atoms with Crippen LogP contribution in [0.4, 0.5) is 0 Å². The second-order valence-electron chi connectivity index (χ2n) is 4.88. The molecule has 10 heteroatoms. The van der Waals surface area contributed by atoms with Crippen LogP contribution < -0.4 is 27.2 Å².